The Morgan fingerprint density at radius 2 is 1.82 bits per heavy atom. The molecule has 0 atom stereocenters. The van der Waals surface area contributed by atoms with Gasteiger partial charge in [-0.25, -0.2) is 0 Å². The van der Waals surface area contributed by atoms with Gasteiger partial charge in [0.25, 0.3) is 0 Å². The summed E-state index contributed by atoms with van der Waals surface area (Å²) in [4.78, 5) is 24.7. The first-order chi connectivity index (χ1) is 10.6. The van der Waals surface area contributed by atoms with E-state index in [9.17, 15) is 9.59 Å². The number of esters is 1. The van der Waals surface area contributed by atoms with E-state index in [1.807, 2.05) is 31.2 Å². The molecule has 1 aromatic rings. The van der Waals surface area contributed by atoms with Crippen LogP contribution >= 0.6 is 0 Å². The molecule has 22 heavy (non-hydrogen) atoms. The lowest BCUT2D eigenvalue weighted by atomic mass is 10.2. The Morgan fingerprint density at radius 1 is 1.14 bits per heavy atom. The molecular formula is C17H23NO4. The van der Waals surface area contributed by atoms with Crippen molar-refractivity contribution in [2.45, 2.75) is 20.3 Å². The summed E-state index contributed by atoms with van der Waals surface area (Å²) < 4.78 is 10.2. The Bertz CT molecular complexity index is 508. The fourth-order valence-electron chi connectivity index (χ4n) is 1.74. The van der Waals surface area contributed by atoms with Gasteiger partial charge in [0.05, 0.1) is 19.6 Å². The molecule has 5 heteroatoms. The zero-order valence-electron chi connectivity index (χ0n) is 13.4. The van der Waals surface area contributed by atoms with Crippen LogP contribution in [0.1, 0.15) is 25.8 Å². The van der Waals surface area contributed by atoms with Crippen molar-refractivity contribution < 1.29 is 19.1 Å². The predicted molar refractivity (Wildman–Crippen MR) is 85.5 cm³/mol. The monoisotopic (exact) mass is 305 g/mol. The van der Waals surface area contributed by atoms with E-state index in [1.165, 1.54) is 11.0 Å². The number of carbonyl (C=O) groups is 2. The van der Waals surface area contributed by atoms with Crippen molar-refractivity contribution >= 4 is 18.0 Å². The number of ether oxygens (including phenoxy) is 2. The maximum absolute atomic E-state index is 11.9. The van der Waals surface area contributed by atoms with E-state index in [1.54, 1.807) is 20.0 Å². The fraction of sp³-hybridized carbons (Fsp3) is 0.412. The van der Waals surface area contributed by atoms with Crippen LogP contribution in [0.15, 0.2) is 30.3 Å². The Kier molecular flexibility index (Phi) is 7.75. The van der Waals surface area contributed by atoms with Crippen molar-refractivity contribution in [3.8, 4) is 5.75 Å². The van der Waals surface area contributed by atoms with Crippen molar-refractivity contribution in [1.82, 2.24) is 4.90 Å². The number of rotatable bonds is 8. The third-order valence-corrected chi connectivity index (χ3v) is 2.94. The maximum Gasteiger partial charge on any atom is 0.307 e. The fourth-order valence-corrected chi connectivity index (χ4v) is 1.74. The van der Waals surface area contributed by atoms with Crippen molar-refractivity contribution in [2.75, 3.05) is 26.8 Å². The molecule has 1 rings (SSSR count). The van der Waals surface area contributed by atoms with Crippen LogP contribution in [0.4, 0.5) is 0 Å². The van der Waals surface area contributed by atoms with Gasteiger partial charge < -0.3 is 14.4 Å². The Labute approximate surface area is 131 Å². The topological polar surface area (TPSA) is 55.8 Å². The number of likely N-dealkylation sites (N-methyl/N-ethyl adjacent to an activating group) is 1. The number of amides is 1. The molecule has 0 N–H and O–H groups in total. The second kappa shape index (κ2) is 9.60. The zero-order valence-corrected chi connectivity index (χ0v) is 13.4. The number of benzene rings is 1. The molecule has 0 heterocycles. The predicted octanol–water partition coefficient (Wildman–Crippen LogP) is 2.51. The third kappa shape index (κ3) is 6.43. The van der Waals surface area contributed by atoms with Gasteiger partial charge in [0.15, 0.2) is 0 Å². The van der Waals surface area contributed by atoms with Gasteiger partial charge in [-0.3, -0.25) is 9.59 Å². The first kappa shape index (κ1) is 17.8. The molecule has 0 saturated carbocycles. The lowest BCUT2D eigenvalue weighted by Gasteiger charge is -2.14. The molecule has 120 valence electrons. The lowest BCUT2D eigenvalue weighted by Crippen LogP contribution is -2.27. The number of carbonyl (C=O) groups excluding carboxylic acids is 2. The molecule has 0 bridgehead atoms. The second-order valence-electron chi connectivity index (χ2n) is 4.65. The minimum Gasteiger partial charge on any atom is -0.494 e. The first-order valence-corrected chi connectivity index (χ1v) is 7.38. The number of nitrogens with zero attached hydrogens (tertiary/aromatic N) is 1. The molecule has 0 fully saturated rings. The Morgan fingerprint density at radius 3 is 2.41 bits per heavy atom. The van der Waals surface area contributed by atoms with Crippen LogP contribution in [-0.2, 0) is 14.3 Å². The number of hydrogen-bond donors (Lipinski definition) is 0. The van der Waals surface area contributed by atoms with Crippen LogP contribution in [0, 0.1) is 0 Å². The van der Waals surface area contributed by atoms with Crippen LogP contribution in [-0.4, -0.2) is 43.6 Å². The lowest BCUT2D eigenvalue weighted by molar-refractivity contribution is -0.143. The molecule has 1 amide bonds. The SMILES string of the molecule is CCOC(=O)CCN(C)C(=O)/C=C/c1ccc(OCC)cc1. The van der Waals surface area contributed by atoms with Crippen molar-refractivity contribution in [1.29, 1.82) is 0 Å². The summed E-state index contributed by atoms with van der Waals surface area (Å²) >= 11 is 0. The summed E-state index contributed by atoms with van der Waals surface area (Å²) in [6.07, 6.45) is 3.42. The van der Waals surface area contributed by atoms with Gasteiger partial charge in [-0.1, -0.05) is 12.1 Å². The van der Waals surface area contributed by atoms with Crippen molar-refractivity contribution in [3.63, 3.8) is 0 Å². The standard InChI is InChI=1S/C17H23NO4/c1-4-21-15-9-6-14(7-10-15)8-11-16(19)18(3)13-12-17(20)22-5-2/h6-11H,4-5,12-13H2,1-3H3/b11-8+. The van der Waals surface area contributed by atoms with Crippen molar-refractivity contribution in [3.05, 3.63) is 35.9 Å². The van der Waals surface area contributed by atoms with Crippen LogP contribution in [0.25, 0.3) is 6.08 Å². The molecule has 0 spiro atoms. The Balaban J connectivity index is 2.47. The molecule has 0 aromatic heterocycles. The summed E-state index contributed by atoms with van der Waals surface area (Å²) in [6, 6.07) is 7.48. The average Bonchev–Trinajstić information content (AvgIpc) is 2.52. The summed E-state index contributed by atoms with van der Waals surface area (Å²) in [6.45, 7) is 5.00. The Hall–Kier alpha value is -2.30. The minimum atomic E-state index is -0.294. The smallest absolute Gasteiger partial charge is 0.307 e. The highest BCUT2D eigenvalue weighted by molar-refractivity contribution is 5.91. The summed E-state index contributed by atoms with van der Waals surface area (Å²) in [5.41, 5.74) is 0.913. The van der Waals surface area contributed by atoms with E-state index in [-0.39, 0.29) is 18.3 Å². The van der Waals surface area contributed by atoms with Gasteiger partial charge in [0.2, 0.25) is 5.91 Å². The van der Waals surface area contributed by atoms with Gasteiger partial charge in [-0.15, -0.1) is 0 Å². The largest absolute Gasteiger partial charge is 0.494 e. The molecule has 0 aliphatic carbocycles. The van der Waals surface area contributed by atoms with E-state index in [0.29, 0.717) is 19.8 Å². The molecule has 5 nitrogen and oxygen atoms in total. The van der Waals surface area contributed by atoms with Gasteiger partial charge in [0.1, 0.15) is 5.75 Å². The van der Waals surface area contributed by atoms with Crippen LogP contribution in [0.5, 0.6) is 5.75 Å². The molecular weight excluding hydrogens is 282 g/mol. The third-order valence-electron chi connectivity index (χ3n) is 2.94. The second-order valence-corrected chi connectivity index (χ2v) is 4.65. The molecule has 0 unspecified atom stereocenters. The molecule has 0 radical (unpaired) electrons. The first-order valence-electron chi connectivity index (χ1n) is 7.38. The summed E-state index contributed by atoms with van der Waals surface area (Å²) in [5, 5.41) is 0. The average molecular weight is 305 g/mol. The van der Waals surface area contributed by atoms with E-state index >= 15 is 0 Å². The molecule has 1 aromatic carbocycles. The van der Waals surface area contributed by atoms with Crippen LogP contribution in [0.3, 0.4) is 0 Å². The van der Waals surface area contributed by atoms with Gasteiger partial charge >= 0.3 is 5.97 Å². The van der Waals surface area contributed by atoms with Gasteiger partial charge in [0, 0.05) is 19.7 Å². The zero-order chi connectivity index (χ0) is 16.4. The quantitative estimate of drug-likeness (QED) is 0.547. The summed E-state index contributed by atoms with van der Waals surface area (Å²) in [5.74, 6) is 0.355. The normalized spacial score (nSPS) is 10.5. The maximum atomic E-state index is 11.9. The van der Waals surface area contributed by atoms with Gasteiger partial charge in [-0.2, -0.15) is 0 Å². The molecule has 0 saturated heterocycles. The number of hydrogen-bond acceptors (Lipinski definition) is 4. The van der Waals surface area contributed by atoms with Crippen LogP contribution < -0.4 is 4.74 Å². The van der Waals surface area contributed by atoms with Crippen LogP contribution in [0.2, 0.25) is 0 Å². The van der Waals surface area contributed by atoms with E-state index in [2.05, 4.69) is 0 Å². The highest BCUT2D eigenvalue weighted by Crippen LogP contribution is 2.13. The van der Waals surface area contributed by atoms with E-state index < -0.39 is 0 Å². The molecule has 0 aliphatic rings. The van der Waals surface area contributed by atoms with Gasteiger partial charge in [-0.05, 0) is 37.6 Å². The highest BCUT2D eigenvalue weighted by Gasteiger charge is 2.08. The van der Waals surface area contributed by atoms with E-state index in [4.69, 9.17) is 9.47 Å². The summed E-state index contributed by atoms with van der Waals surface area (Å²) in [7, 11) is 1.66. The highest BCUT2D eigenvalue weighted by atomic mass is 16.5. The molecule has 0 aliphatic heterocycles. The minimum absolute atomic E-state index is 0.154. The van der Waals surface area contributed by atoms with E-state index in [0.717, 1.165) is 11.3 Å². The van der Waals surface area contributed by atoms with Crippen molar-refractivity contribution in [2.24, 2.45) is 0 Å².